The molecule has 0 spiro atoms. The van der Waals surface area contributed by atoms with Crippen molar-refractivity contribution in [1.29, 1.82) is 0 Å². The summed E-state index contributed by atoms with van der Waals surface area (Å²) in [6.07, 6.45) is 1.95. The number of aromatic nitrogens is 3. The highest BCUT2D eigenvalue weighted by atomic mass is 35.5. The minimum atomic E-state index is -0.279. The van der Waals surface area contributed by atoms with Gasteiger partial charge in [0.15, 0.2) is 0 Å². The van der Waals surface area contributed by atoms with Crippen molar-refractivity contribution in [2.45, 2.75) is 16.7 Å². The van der Waals surface area contributed by atoms with Crippen LogP contribution in [-0.2, 0) is 0 Å². The zero-order valence-corrected chi connectivity index (χ0v) is 18.2. The first kappa shape index (κ1) is 19.8. The van der Waals surface area contributed by atoms with Gasteiger partial charge < -0.3 is 0 Å². The van der Waals surface area contributed by atoms with Crippen LogP contribution in [0.15, 0.2) is 94.9 Å². The Balaban J connectivity index is 1.62. The Morgan fingerprint density at radius 3 is 2.45 bits per heavy atom. The summed E-state index contributed by atoms with van der Waals surface area (Å²) in [4.78, 5) is 6.85. The van der Waals surface area contributed by atoms with Crippen LogP contribution >= 0.6 is 23.4 Å². The lowest BCUT2D eigenvalue weighted by Gasteiger charge is -2.05. The van der Waals surface area contributed by atoms with Crippen LogP contribution in [0.3, 0.4) is 0 Å². The van der Waals surface area contributed by atoms with Gasteiger partial charge in [-0.3, -0.25) is 0 Å². The van der Waals surface area contributed by atoms with Gasteiger partial charge in [0.1, 0.15) is 11.5 Å². The van der Waals surface area contributed by atoms with Crippen molar-refractivity contribution in [1.82, 2.24) is 14.8 Å². The Bertz CT molecular complexity index is 1380. The molecule has 0 saturated carbocycles. The third-order valence-electron chi connectivity index (χ3n) is 4.90. The summed E-state index contributed by atoms with van der Waals surface area (Å²) in [5.74, 6) is -0.279. The van der Waals surface area contributed by atoms with Gasteiger partial charge in [0, 0.05) is 21.5 Å². The van der Waals surface area contributed by atoms with Crippen LogP contribution in [0.2, 0.25) is 5.02 Å². The van der Waals surface area contributed by atoms with Gasteiger partial charge in [-0.2, -0.15) is 5.10 Å². The molecular weight excluding hydrogens is 429 g/mol. The fourth-order valence-corrected chi connectivity index (χ4v) is 4.39. The van der Waals surface area contributed by atoms with E-state index < -0.39 is 0 Å². The van der Waals surface area contributed by atoms with E-state index in [0.29, 0.717) is 5.02 Å². The van der Waals surface area contributed by atoms with Crippen molar-refractivity contribution in [3.63, 3.8) is 0 Å². The smallest absolute Gasteiger partial charge is 0.125 e. The van der Waals surface area contributed by atoms with E-state index in [1.165, 1.54) is 17.7 Å². The van der Waals surface area contributed by atoms with Crippen LogP contribution in [0.5, 0.6) is 0 Å². The Labute approximate surface area is 188 Å². The lowest BCUT2D eigenvalue weighted by atomic mass is 10.1. The van der Waals surface area contributed by atoms with Gasteiger partial charge in [-0.05, 0) is 73.7 Å². The molecule has 0 unspecified atom stereocenters. The molecule has 0 atom stereocenters. The van der Waals surface area contributed by atoms with Gasteiger partial charge in [-0.1, -0.05) is 41.1 Å². The van der Waals surface area contributed by atoms with Crippen LogP contribution in [0, 0.1) is 12.7 Å². The Hall–Kier alpha value is -3.15. The normalized spacial score (nSPS) is 11.2. The molecule has 31 heavy (non-hydrogen) atoms. The second-order valence-corrected chi connectivity index (χ2v) is 8.76. The summed E-state index contributed by atoms with van der Waals surface area (Å²) in [6.45, 7) is 2.07. The van der Waals surface area contributed by atoms with Crippen molar-refractivity contribution >= 4 is 34.3 Å². The molecule has 0 aliphatic rings. The van der Waals surface area contributed by atoms with E-state index >= 15 is 0 Å². The average Bonchev–Trinajstić information content (AvgIpc) is 3.19. The first-order valence-electron chi connectivity index (χ1n) is 9.72. The third-order valence-corrected chi connectivity index (χ3v) is 6.18. The van der Waals surface area contributed by atoms with Crippen LogP contribution in [0.1, 0.15) is 5.56 Å². The van der Waals surface area contributed by atoms with E-state index in [1.54, 1.807) is 28.6 Å². The van der Waals surface area contributed by atoms with Crippen LogP contribution < -0.4 is 0 Å². The number of nitrogens with zero attached hydrogens (tertiary/aromatic N) is 3. The zero-order valence-electron chi connectivity index (χ0n) is 16.6. The first-order valence-corrected chi connectivity index (χ1v) is 10.9. The Morgan fingerprint density at radius 2 is 1.68 bits per heavy atom. The summed E-state index contributed by atoms with van der Waals surface area (Å²) in [5.41, 5.74) is 4.45. The number of pyridine rings is 1. The first-order chi connectivity index (χ1) is 15.0. The van der Waals surface area contributed by atoms with Gasteiger partial charge in [0.25, 0.3) is 0 Å². The molecule has 5 aromatic rings. The van der Waals surface area contributed by atoms with E-state index in [1.807, 2.05) is 42.6 Å². The predicted octanol–water partition coefficient (Wildman–Crippen LogP) is 7.34. The van der Waals surface area contributed by atoms with E-state index in [4.69, 9.17) is 21.7 Å². The number of aryl methyl sites for hydroxylation is 1. The topological polar surface area (TPSA) is 30.7 Å². The van der Waals surface area contributed by atoms with E-state index in [9.17, 15) is 4.39 Å². The molecule has 5 rings (SSSR count). The maximum absolute atomic E-state index is 13.4. The lowest BCUT2D eigenvalue weighted by Crippen LogP contribution is -1.95. The number of halogens is 2. The number of benzene rings is 3. The van der Waals surface area contributed by atoms with Crippen molar-refractivity contribution in [3.05, 3.63) is 101 Å². The second kappa shape index (κ2) is 8.17. The van der Waals surface area contributed by atoms with Crippen LogP contribution in [0.25, 0.3) is 28.0 Å². The largest absolute Gasteiger partial charge is 0.246 e. The molecule has 0 N–H and O–H groups in total. The quantitative estimate of drug-likeness (QED) is 0.290. The molecule has 2 aromatic heterocycles. The molecule has 0 radical (unpaired) electrons. The zero-order chi connectivity index (χ0) is 21.4. The average molecular weight is 446 g/mol. The molecule has 6 heteroatoms. The monoisotopic (exact) mass is 445 g/mol. The Morgan fingerprint density at radius 1 is 0.903 bits per heavy atom. The van der Waals surface area contributed by atoms with Crippen molar-refractivity contribution < 1.29 is 4.39 Å². The van der Waals surface area contributed by atoms with Crippen LogP contribution in [0.4, 0.5) is 4.39 Å². The summed E-state index contributed by atoms with van der Waals surface area (Å²) in [7, 11) is 0. The minimum Gasteiger partial charge on any atom is -0.246 e. The molecule has 0 aliphatic heterocycles. The highest BCUT2D eigenvalue weighted by molar-refractivity contribution is 7.99. The van der Waals surface area contributed by atoms with Crippen molar-refractivity contribution in [2.75, 3.05) is 0 Å². The molecule has 0 bridgehead atoms. The molecule has 0 saturated heterocycles. The van der Waals surface area contributed by atoms with Crippen molar-refractivity contribution in [3.8, 4) is 17.1 Å². The Kier molecular flexibility index (Phi) is 5.22. The third kappa shape index (κ3) is 4.20. The number of hydrogen-bond acceptors (Lipinski definition) is 3. The maximum Gasteiger partial charge on any atom is 0.125 e. The fraction of sp³-hybridized carbons (Fsp3) is 0.0400. The number of fused-ring (bicyclic) bond motifs is 1. The molecule has 152 valence electrons. The summed E-state index contributed by atoms with van der Waals surface area (Å²) in [6, 6.07) is 24.2. The molecule has 0 fully saturated rings. The SMILES string of the molecule is Cc1ccc2nc(-c3nn(-c4ccc(F)cc4)cc3Sc3ccc(Cl)cc3)ccc2c1. The highest BCUT2D eigenvalue weighted by Gasteiger charge is 2.16. The molecular formula is C25H17ClFN3S. The molecule has 2 heterocycles. The van der Waals surface area contributed by atoms with Gasteiger partial charge in [0.05, 0.1) is 21.8 Å². The summed E-state index contributed by atoms with van der Waals surface area (Å²) < 4.78 is 15.2. The second-order valence-electron chi connectivity index (χ2n) is 7.21. The fourth-order valence-electron chi connectivity index (χ4n) is 3.34. The van der Waals surface area contributed by atoms with E-state index in [2.05, 4.69) is 25.1 Å². The molecule has 3 nitrogen and oxygen atoms in total. The standard InChI is InChI=1S/C25H17ClFN3S/c1-16-2-12-22-17(14-16)3-13-23(28-22)25-24(31-21-10-4-18(26)5-11-21)15-30(29-25)20-8-6-19(27)7-9-20/h2-15H,1H3. The summed E-state index contributed by atoms with van der Waals surface area (Å²) in [5, 5.41) is 6.59. The van der Waals surface area contributed by atoms with Gasteiger partial charge >= 0.3 is 0 Å². The molecule has 0 amide bonds. The highest BCUT2D eigenvalue weighted by Crippen LogP contribution is 2.36. The van der Waals surface area contributed by atoms with Gasteiger partial charge in [0.2, 0.25) is 0 Å². The van der Waals surface area contributed by atoms with E-state index in [-0.39, 0.29) is 5.82 Å². The molecule has 3 aromatic carbocycles. The molecule has 0 aliphatic carbocycles. The summed E-state index contributed by atoms with van der Waals surface area (Å²) >= 11 is 7.63. The number of hydrogen-bond donors (Lipinski definition) is 0. The van der Waals surface area contributed by atoms with Crippen LogP contribution in [-0.4, -0.2) is 14.8 Å². The lowest BCUT2D eigenvalue weighted by molar-refractivity contribution is 0.627. The minimum absolute atomic E-state index is 0.279. The van der Waals surface area contributed by atoms with Crippen molar-refractivity contribution in [2.24, 2.45) is 0 Å². The number of rotatable bonds is 4. The van der Waals surface area contributed by atoms with Gasteiger partial charge in [-0.15, -0.1) is 0 Å². The van der Waals surface area contributed by atoms with Gasteiger partial charge in [-0.25, -0.2) is 14.1 Å². The predicted molar refractivity (Wildman–Crippen MR) is 125 cm³/mol. The van der Waals surface area contributed by atoms with E-state index in [0.717, 1.165) is 37.8 Å². The maximum atomic E-state index is 13.4.